The third-order valence-electron chi connectivity index (χ3n) is 3.96. The van der Waals surface area contributed by atoms with Crippen LogP contribution in [0.5, 0.6) is 5.88 Å². The minimum atomic E-state index is -0.423. The topological polar surface area (TPSA) is 66.6 Å². The number of thiazole rings is 1. The molecule has 4 rings (SSSR count). The van der Waals surface area contributed by atoms with Crippen molar-refractivity contribution < 1.29 is 9.90 Å². The summed E-state index contributed by atoms with van der Waals surface area (Å²) in [6.45, 7) is 0. The van der Waals surface area contributed by atoms with Crippen molar-refractivity contribution in [3.8, 4) is 5.88 Å². The molecule has 3 aromatic rings. The maximum Gasteiger partial charge on any atom is 0.270 e. The Labute approximate surface area is 168 Å². The van der Waals surface area contributed by atoms with Crippen LogP contribution < -0.4 is 5.43 Å². The number of aliphatic imine (C=N–C) groups is 1. The Balaban J connectivity index is 1.65. The van der Waals surface area contributed by atoms with Crippen LogP contribution in [0.15, 0.2) is 53.5 Å². The van der Waals surface area contributed by atoms with Crippen molar-refractivity contribution >= 4 is 64.6 Å². The first-order chi connectivity index (χ1) is 13.0. The number of rotatable bonds is 3. The van der Waals surface area contributed by atoms with Gasteiger partial charge in [0, 0.05) is 27.9 Å². The van der Waals surface area contributed by atoms with E-state index in [1.807, 2.05) is 24.3 Å². The zero-order chi connectivity index (χ0) is 19.0. The Morgan fingerprint density at radius 2 is 2.07 bits per heavy atom. The molecule has 0 fully saturated rings. The second-order valence-electron chi connectivity index (χ2n) is 5.72. The molecule has 5 nitrogen and oxygen atoms in total. The van der Waals surface area contributed by atoms with Gasteiger partial charge in [-0.1, -0.05) is 47.2 Å². The lowest BCUT2D eigenvalue weighted by molar-refractivity contribution is 0.101. The normalized spacial score (nSPS) is 13.7. The highest BCUT2D eigenvalue weighted by atomic mass is 35.5. The molecule has 0 saturated carbocycles. The molecule has 27 heavy (non-hydrogen) atoms. The third kappa shape index (κ3) is 3.44. The Morgan fingerprint density at radius 1 is 1.26 bits per heavy atom. The standard InChI is InChI=1S/C19H12ClN3O2S2/c20-13-5-3-4-11(8-13)17(24)22-23-18(25)16(27-19(23)26)9-12-10-21-15-7-2-1-6-14(12)15/h1-10,25H,(H,22,24). The van der Waals surface area contributed by atoms with Crippen LogP contribution in [-0.2, 0) is 0 Å². The molecule has 0 aliphatic carbocycles. The molecule has 0 unspecified atom stereocenters. The van der Waals surface area contributed by atoms with Gasteiger partial charge in [0.2, 0.25) is 5.88 Å². The Kier molecular flexibility index (Phi) is 4.65. The molecule has 1 aromatic heterocycles. The van der Waals surface area contributed by atoms with Crippen molar-refractivity contribution in [3.05, 3.63) is 73.5 Å². The van der Waals surface area contributed by atoms with Crippen LogP contribution in [0, 0.1) is 3.95 Å². The van der Waals surface area contributed by atoms with E-state index >= 15 is 0 Å². The number of fused-ring (bicyclic) bond motifs is 1. The maximum atomic E-state index is 12.4. The van der Waals surface area contributed by atoms with Crippen molar-refractivity contribution in [1.29, 1.82) is 0 Å². The van der Waals surface area contributed by atoms with Gasteiger partial charge in [-0.3, -0.25) is 15.2 Å². The molecule has 2 heterocycles. The summed E-state index contributed by atoms with van der Waals surface area (Å²) in [4.78, 5) is 17.3. The van der Waals surface area contributed by atoms with Gasteiger partial charge in [0.25, 0.3) is 5.91 Å². The minimum Gasteiger partial charge on any atom is -0.492 e. The smallest absolute Gasteiger partial charge is 0.270 e. The van der Waals surface area contributed by atoms with E-state index < -0.39 is 5.91 Å². The minimum absolute atomic E-state index is 0.134. The van der Waals surface area contributed by atoms with Crippen molar-refractivity contribution in [2.45, 2.75) is 0 Å². The number of nitrogens with one attached hydrogen (secondary N) is 1. The van der Waals surface area contributed by atoms with Crippen LogP contribution in [0.4, 0.5) is 5.69 Å². The zero-order valence-corrected chi connectivity index (χ0v) is 16.1. The summed E-state index contributed by atoms with van der Waals surface area (Å²) in [5.41, 5.74) is 5.69. The van der Waals surface area contributed by atoms with Crippen LogP contribution in [-0.4, -0.2) is 21.9 Å². The Morgan fingerprint density at radius 3 is 2.89 bits per heavy atom. The van der Waals surface area contributed by atoms with Crippen molar-refractivity contribution in [1.82, 2.24) is 4.68 Å². The molecule has 134 valence electrons. The molecule has 2 N–H and O–H groups in total. The number of hydrogen-bond acceptors (Lipinski definition) is 5. The summed E-state index contributed by atoms with van der Waals surface area (Å²) in [6, 6.07) is 14.3. The molecule has 1 aliphatic rings. The molecular formula is C19H12ClN3O2S2. The number of amides is 1. The van der Waals surface area contributed by atoms with E-state index in [2.05, 4.69) is 10.4 Å². The summed E-state index contributed by atoms with van der Waals surface area (Å²) in [7, 11) is 0. The lowest BCUT2D eigenvalue weighted by Crippen LogP contribution is -2.22. The average molecular weight is 414 g/mol. The highest BCUT2D eigenvalue weighted by Crippen LogP contribution is 2.35. The maximum absolute atomic E-state index is 12.4. The third-order valence-corrected chi connectivity index (χ3v) is 5.50. The average Bonchev–Trinajstić information content (AvgIpc) is 3.18. The van der Waals surface area contributed by atoms with E-state index in [1.54, 1.807) is 36.6 Å². The van der Waals surface area contributed by atoms with Crippen molar-refractivity contribution in [2.24, 2.45) is 4.99 Å². The summed E-state index contributed by atoms with van der Waals surface area (Å²) >= 11 is 12.4. The number of benzene rings is 2. The van der Waals surface area contributed by atoms with Gasteiger partial charge in [-0.15, -0.1) is 0 Å². The van der Waals surface area contributed by atoms with E-state index in [1.165, 1.54) is 16.0 Å². The quantitative estimate of drug-likeness (QED) is 0.574. The summed E-state index contributed by atoms with van der Waals surface area (Å²) in [6.07, 6.45) is 3.54. The highest BCUT2D eigenvalue weighted by Gasteiger charge is 2.17. The van der Waals surface area contributed by atoms with Gasteiger partial charge >= 0.3 is 0 Å². The predicted octanol–water partition coefficient (Wildman–Crippen LogP) is 5.28. The van der Waals surface area contributed by atoms with Crippen molar-refractivity contribution in [3.63, 3.8) is 0 Å². The molecule has 1 aliphatic heterocycles. The number of para-hydroxylation sites is 1. The molecular weight excluding hydrogens is 402 g/mol. The number of aromatic hydroxyl groups is 1. The number of carbonyl (C=O) groups excluding carboxylic acids is 1. The Bertz CT molecular complexity index is 1180. The predicted molar refractivity (Wildman–Crippen MR) is 112 cm³/mol. The monoisotopic (exact) mass is 413 g/mol. The van der Waals surface area contributed by atoms with Crippen LogP contribution >= 0.6 is 35.2 Å². The second kappa shape index (κ2) is 7.11. The first-order valence-electron chi connectivity index (χ1n) is 7.90. The van der Waals surface area contributed by atoms with Gasteiger partial charge in [-0.2, -0.15) is 4.68 Å². The Hall–Kier alpha value is -2.74. The zero-order valence-electron chi connectivity index (χ0n) is 13.7. The number of hydrogen-bond donors (Lipinski definition) is 2. The fourth-order valence-electron chi connectivity index (χ4n) is 2.67. The SMILES string of the molecule is O=C(Nn1c(O)c(C=C2C=Nc3ccccc32)sc1=S)c1cccc(Cl)c1. The van der Waals surface area contributed by atoms with E-state index in [0.29, 0.717) is 19.4 Å². The van der Waals surface area contributed by atoms with E-state index in [0.717, 1.165) is 16.8 Å². The van der Waals surface area contributed by atoms with Gasteiger partial charge in [0.15, 0.2) is 3.95 Å². The number of halogens is 1. The van der Waals surface area contributed by atoms with Crippen molar-refractivity contribution in [2.75, 3.05) is 5.43 Å². The van der Waals surface area contributed by atoms with Gasteiger partial charge in [-0.05, 0) is 42.6 Å². The molecule has 0 spiro atoms. The first kappa shape index (κ1) is 17.7. The largest absolute Gasteiger partial charge is 0.492 e. The molecule has 0 atom stereocenters. The molecule has 0 saturated heterocycles. The van der Waals surface area contributed by atoms with E-state index in [-0.39, 0.29) is 5.88 Å². The van der Waals surface area contributed by atoms with Gasteiger partial charge < -0.3 is 5.11 Å². The fourth-order valence-corrected chi connectivity index (χ4v) is 4.04. The summed E-state index contributed by atoms with van der Waals surface area (Å²) in [5.74, 6) is -0.556. The van der Waals surface area contributed by atoms with Crippen LogP contribution in [0.2, 0.25) is 5.02 Å². The van der Waals surface area contributed by atoms with Gasteiger partial charge in [0.1, 0.15) is 0 Å². The molecule has 0 radical (unpaired) electrons. The van der Waals surface area contributed by atoms with E-state index in [9.17, 15) is 9.90 Å². The van der Waals surface area contributed by atoms with Gasteiger partial charge in [-0.25, -0.2) is 0 Å². The fraction of sp³-hybridized carbons (Fsp3) is 0. The lowest BCUT2D eigenvalue weighted by atomic mass is 10.1. The number of carbonyl (C=O) groups is 1. The van der Waals surface area contributed by atoms with E-state index in [4.69, 9.17) is 23.8 Å². The number of allylic oxidation sites excluding steroid dienone is 1. The summed E-state index contributed by atoms with van der Waals surface area (Å²) in [5, 5.41) is 11.0. The molecule has 0 bridgehead atoms. The van der Waals surface area contributed by atoms with Crippen LogP contribution in [0.3, 0.4) is 0 Å². The van der Waals surface area contributed by atoms with Crippen LogP contribution in [0.1, 0.15) is 20.8 Å². The summed E-state index contributed by atoms with van der Waals surface area (Å²) < 4.78 is 1.51. The molecule has 8 heteroatoms. The van der Waals surface area contributed by atoms with Crippen LogP contribution in [0.25, 0.3) is 11.6 Å². The highest BCUT2D eigenvalue weighted by molar-refractivity contribution is 7.73. The van der Waals surface area contributed by atoms with Gasteiger partial charge in [0.05, 0.1) is 10.6 Å². The number of aromatic nitrogens is 1. The molecule has 2 aromatic carbocycles. The molecule has 1 amide bonds. The number of nitrogens with zero attached hydrogens (tertiary/aromatic N) is 2. The second-order valence-corrected chi connectivity index (χ2v) is 7.83. The first-order valence-corrected chi connectivity index (χ1v) is 9.50. The lowest BCUT2D eigenvalue weighted by Gasteiger charge is -2.07.